The van der Waals surface area contributed by atoms with Gasteiger partial charge in [0.15, 0.2) is 27.6 Å². The zero-order valence-electron chi connectivity index (χ0n) is 40.1. The molecule has 0 spiro atoms. The fraction of sp³-hybridized carbons (Fsp3) is 0.532. The number of aromatic nitrogens is 6. The molecule has 0 radical (unpaired) electrons. The number of amides is 2. The van der Waals surface area contributed by atoms with Gasteiger partial charge in [0.1, 0.15) is 33.5 Å². The molecule has 0 aliphatic carbocycles. The monoisotopic (exact) mass is 1050 g/mol. The number of pyridine rings is 2. The summed E-state index contributed by atoms with van der Waals surface area (Å²) in [7, 11) is 1.29. The molecule has 4 saturated heterocycles. The van der Waals surface area contributed by atoms with Gasteiger partial charge in [0.2, 0.25) is 0 Å². The van der Waals surface area contributed by atoms with Gasteiger partial charge in [-0.1, -0.05) is 60.3 Å². The van der Waals surface area contributed by atoms with E-state index in [4.69, 9.17) is 62.6 Å². The van der Waals surface area contributed by atoms with E-state index in [2.05, 4.69) is 73.7 Å². The first-order chi connectivity index (χ1) is 34.3. The van der Waals surface area contributed by atoms with E-state index < -0.39 is 5.97 Å². The first kappa shape index (κ1) is 52.0. The van der Waals surface area contributed by atoms with Crippen molar-refractivity contribution in [2.75, 3.05) is 107 Å². The Bertz CT molecular complexity index is 2600. The van der Waals surface area contributed by atoms with Gasteiger partial charge in [-0.05, 0) is 62.8 Å². The molecule has 4 fully saturated rings. The number of hydrogen-bond donors (Lipinski definition) is 3. The number of piperazine rings is 2. The average Bonchev–Trinajstić information content (AvgIpc) is 3.94. The van der Waals surface area contributed by atoms with Gasteiger partial charge in [0.05, 0.1) is 37.2 Å². The van der Waals surface area contributed by atoms with Crippen LogP contribution in [0.5, 0.6) is 0 Å². The fourth-order valence-corrected chi connectivity index (χ4v) is 11.1. The number of hydrogen-bond acceptors (Lipinski definition) is 18. The molecule has 0 bridgehead atoms. The maximum Gasteiger partial charge on any atom is 0.358 e. The third kappa shape index (κ3) is 11.9. The number of anilines is 4. The maximum atomic E-state index is 13.0. The molecular weight excluding hydrogens is 994 g/mol. The van der Waals surface area contributed by atoms with Crippen molar-refractivity contribution in [2.24, 2.45) is 4.99 Å². The highest BCUT2D eigenvalue weighted by molar-refractivity contribution is 6.32. The largest absolute Gasteiger partial charge is 0.464 e. The van der Waals surface area contributed by atoms with Crippen molar-refractivity contribution >= 4 is 93.3 Å². The number of esters is 1. The summed E-state index contributed by atoms with van der Waals surface area (Å²) >= 11 is 24.7. The number of carbonyl (C=O) groups is 3. The number of nitrogen functional groups attached to an aromatic ring is 2. The van der Waals surface area contributed by atoms with E-state index in [9.17, 15) is 14.4 Å². The van der Waals surface area contributed by atoms with Crippen LogP contribution < -0.4 is 26.6 Å². The summed E-state index contributed by atoms with van der Waals surface area (Å²) in [6, 6.07) is 7.98. The summed E-state index contributed by atoms with van der Waals surface area (Å²) in [6.07, 6.45) is 8.76. The quantitative estimate of drug-likeness (QED) is 0.139. The van der Waals surface area contributed by atoms with Crippen LogP contribution in [0.25, 0.3) is 0 Å². The number of piperidine rings is 2. The number of ether oxygens (including phenoxy) is 1. The minimum atomic E-state index is -0.568. The smallest absolute Gasteiger partial charge is 0.358 e. The minimum absolute atomic E-state index is 0.0811. The van der Waals surface area contributed by atoms with Gasteiger partial charge in [-0.15, -0.1) is 0 Å². The number of nitrogens with zero attached hydrogens (tertiary/aromatic N) is 13. The topological polar surface area (TPSA) is 234 Å². The van der Waals surface area contributed by atoms with Gasteiger partial charge in [-0.2, -0.15) is 0 Å². The number of rotatable bonds is 10. The summed E-state index contributed by atoms with van der Waals surface area (Å²) in [5.41, 5.74) is 13.4. The second kappa shape index (κ2) is 23.4. The number of nitrogens with one attached hydrogen (secondary N) is 1. The molecule has 5 aliphatic heterocycles. The molecule has 0 unspecified atom stereocenters. The van der Waals surface area contributed by atoms with E-state index in [1.165, 1.54) is 13.3 Å². The lowest BCUT2D eigenvalue weighted by molar-refractivity contribution is 0.0485. The van der Waals surface area contributed by atoms with Crippen molar-refractivity contribution in [1.82, 2.24) is 54.8 Å². The van der Waals surface area contributed by atoms with Crippen LogP contribution in [-0.2, 0) is 4.74 Å². The lowest BCUT2D eigenvalue weighted by atomic mass is 9.97. The first-order valence-corrected chi connectivity index (χ1v) is 25.6. The number of nitrogens with two attached hydrogens (primary N) is 2. The zero-order chi connectivity index (χ0) is 50.3. The number of carbonyl (C=O) groups excluding carboxylic acids is 3. The van der Waals surface area contributed by atoms with Crippen molar-refractivity contribution in [3.05, 3.63) is 79.8 Å². The van der Waals surface area contributed by atoms with Crippen LogP contribution in [0, 0.1) is 0 Å². The van der Waals surface area contributed by atoms with E-state index in [1.54, 1.807) is 30.5 Å². The Morgan fingerprint density at radius 3 is 1.55 bits per heavy atom. The van der Waals surface area contributed by atoms with Gasteiger partial charge < -0.3 is 41.1 Å². The average molecular weight is 1050 g/mol. The summed E-state index contributed by atoms with van der Waals surface area (Å²) < 4.78 is 4.69. The molecular formula is C47H60Cl4N16O4. The van der Waals surface area contributed by atoms with Gasteiger partial charge >= 0.3 is 5.97 Å². The Labute approximate surface area is 433 Å². The third-order valence-corrected chi connectivity index (χ3v) is 14.9. The highest BCUT2D eigenvalue weighted by Gasteiger charge is 2.37. The molecule has 2 amide bonds. The lowest BCUT2D eigenvalue weighted by Gasteiger charge is -2.47. The van der Waals surface area contributed by atoms with Crippen LogP contribution in [0.1, 0.15) is 89.3 Å². The van der Waals surface area contributed by atoms with E-state index in [1.807, 2.05) is 9.80 Å². The fourth-order valence-electron chi connectivity index (χ4n) is 10.2. The second-order valence-electron chi connectivity index (χ2n) is 18.1. The molecule has 20 nitrogen and oxygen atoms in total. The van der Waals surface area contributed by atoms with Crippen LogP contribution in [0.15, 0.2) is 41.7 Å². The summed E-state index contributed by atoms with van der Waals surface area (Å²) in [5, 5.41) is 4.38. The molecule has 9 rings (SSSR count). The molecule has 380 valence electrons. The summed E-state index contributed by atoms with van der Waals surface area (Å²) in [5.74, 6) is 1.65. The highest BCUT2D eigenvalue weighted by Crippen LogP contribution is 2.31. The molecule has 71 heavy (non-hydrogen) atoms. The van der Waals surface area contributed by atoms with Crippen LogP contribution in [0.2, 0.25) is 20.6 Å². The normalized spacial score (nSPS) is 20.5. The van der Waals surface area contributed by atoms with Gasteiger partial charge in [0.25, 0.3) is 11.8 Å². The first-order valence-electron chi connectivity index (χ1n) is 24.1. The number of halogens is 4. The Morgan fingerprint density at radius 1 is 0.662 bits per heavy atom. The highest BCUT2D eigenvalue weighted by atomic mass is 35.5. The Kier molecular flexibility index (Phi) is 17.2. The molecule has 0 saturated carbocycles. The summed E-state index contributed by atoms with van der Waals surface area (Å²) in [4.78, 5) is 81.0. The molecule has 2 atom stereocenters. The van der Waals surface area contributed by atoms with Crippen molar-refractivity contribution in [3.8, 4) is 0 Å². The van der Waals surface area contributed by atoms with Crippen molar-refractivity contribution in [1.29, 1.82) is 0 Å². The predicted molar refractivity (Wildman–Crippen MR) is 276 cm³/mol. The molecule has 9 heterocycles. The zero-order valence-corrected chi connectivity index (χ0v) is 43.1. The van der Waals surface area contributed by atoms with E-state index in [0.29, 0.717) is 78.1 Å². The molecule has 5 N–H and O–H groups in total. The minimum Gasteiger partial charge on any atom is -0.464 e. The van der Waals surface area contributed by atoms with Gasteiger partial charge in [0, 0.05) is 96.2 Å². The molecule has 4 aromatic rings. The number of amidine groups is 1. The van der Waals surface area contributed by atoms with E-state index in [0.717, 1.165) is 103 Å². The van der Waals surface area contributed by atoms with Gasteiger partial charge in [-0.3, -0.25) is 24.4 Å². The van der Waals surface area contributed by atoms with Crippen molar-refractivity contribution < 1.29 is 19.1 Å². The number of aliphatic imine (C=N–C) groups is 1. The second-order valence-corrected chi connectivity index (χ2v) is 19.6. The van der Waals surface area contributed by atoms with Crippen LogP contribution in [0.3, 0.4) is 0 Å². The van der Waals surface area contributed by atoms with Gasteiger partial charge in [-0.25, -0.2) is 34.7 Å². The Morgan fingerprint density at radius 2 is 1.14 bits per heavy atom. The number of methoxy groups -OCH3 is 1. The molecule has 24 heteroatoms. The van der Waals surface area contributed by atoms with E-state index >= 15 is 0 Å². The van der Waals surface area contributed by atoms with Crippen LogP contribution in [-0.4, -0.2) is 183 Å². The lowest BCUT2D eigenvalue weighted by Crippen LogP contribution is -2.58. The van der Waals surface area contributed by atoms with Crippen molar-refractivity contribution in [2.45, 2.75) is 76.5 Å². The molecule has 5 aliphatic rings. The van der Waals surface area contributed by atoms with Crippen LogP contribution >= 0.6 is 46.4 Å². The Hall–Kier alpha value is -5.38. The van der Waals surface area contributed by atoms with E-state index in [-0.39, 0.29) is 44.6 Å². The van der Waals surface area contributed by atoms with Crippen LogP contribution in [0.4, 0.5) is 23.3 Å². The SMILES string of the molecule is CC[C@H]1CN(c2ncc(C(=O)OC)nc2Cl)CCN1C1CCN(C(=O)c2ccc(Cl)nc2N)CC1.CC[C@H]1CN(c2ncc(C3=NCCN3)nc2Cl)CCN1C1CCN(C(=O)c2ccc(Cl)nc2N)CC1. The molecule has 4 aromatic heterocycles. The standard InChI is InChI=1S/C24H31Cl2N9O.C23H29Cl2N7O3/c1-2-15-14-34(23-20(26)31-18(13-30-23)22-28-7-8-29-22)11-12-35(15)16-5-9-33(10-6-16)24(36)17-3-4-19(25)32-21(17)27;1-3-14-13-31(21-19(25)28-17(12-27-21)23(34)35-2)10-11-32(14)15-6-8-30(9-7-15)22(33)16-4-5-18(24)29-20(16)26/h3-4,13,15-16H,2,5-12,14H2,1H3,(H2,27,32)(H,28,29);4-5,12,14-15H,3,6-11,13H2,1-2H3,(H2,26,29)/t15-;14-/m00/s1. The summed E-state index contributed by atoms with van der Waals surface area (Å²) in [6.45, 7) is 13.6. The maximum absolute atomic E-state index is 13.0. The number of likely N-dealkylation sites (tertiary alicyclic amines) is 2. The Balaban J connectivity index is 0.000000191. The third-order valence-electron chi connectivity index (χ3n) is 14.0. The van der Waals surface area contributed by atoms with Crippen molar-refractivity contribution in [3.63, 3.8) is 0 Å². The predicted octanol–water partition coefficient (Wildman–Crippen LogP) is 5.07. The molecule has 0 aromatic carbocycles.